The highest BCUT2D eigenvalue weighted by molar-refractivity contribution is 5.91. The molecule has 0 aliphatic heterocycles. The lowest BCUT2D eigenvalue weighted by atomic mass is 10.0. The predicted octanol–water partition coefficient (Wildman–Crippen LogP) is 4.67. The van der Waals surface area contributed by atoms with Gasteiger partial charge >= 0.3 is 5.97 Å². The molecular weight excluding hydrogens is 340 g/mol. The van der Waals surface area contributed by atoms with E-state index in [1.807, 2.05) is 12.1 Å². The minimum absolute atomic E-state index is 0.420. The summed E-state index contributed by atoms with van der Waals surface area (Å²) in [7, 11) is 1.33. The fraction of sp³-hybridized carbons (Fsp3) is 0.0455. The summed E-state index contributed by atoms with van der Waals surface area (Å²) in [5, 5.41) is 18.3. The van der Waals surface area contributed by atoms with Crippen molar-refractivity contribution in [2.75, 3.05) is 7.11 Å². The van der Waals surface area contributed by atoms with Crippen molar-refractivity contribution in [2.45, 2.75) is 0 Å². The van der Waals surface area contributed by atoms with Crippen LogP contribution in [0.25, 0.3) is 23.0 Å². The van der Waals surface area contributed by atoms with Gasteiger partial charge in [0.15, 0.2) is 0 Å². The minimum atomic E-state index is -0.420. The van der Waals surface area contributed by atoms with Gasteiger partial charge in [0.25, 0.3) is 0 Å². The molecule has 3 aromatic rings. The van der Waals surface area contributed by atoms with Gasteiger partial charge in [-0.2, -0.15) is 10.5 Å². The number of allylic oxidation sites excluding steroid dienone is 1. The van der Waals surface area contributed by atoms with Gasteiger partial charge in [-0.25, -0.2) is 4.79 Å². The Hall–Kier alpha value is -4.09. The van der Waals surface area contributed by atoms with E-state index in [0.717, 1.165) is 5.56 Å². The summed E-state index contributed by atoms with van der Waals surface area (Å²) in [5.74, 6) is 0.662. The van der Waals surface area contributed by atoms with Crippen molar-refractivity contribution in [1.29, 1.82) is 10.5 Å². The van der Waals surface area contributed by atoms with Crippen LogP contribution in [0.3, 0.4) is 0 Å². The maximum Gasteiger partial charge on any atom is 0.337 e. The number of rotatable bonds is 4. The minimum Gasteiger partial charge on any atom is -0.465 e. The average molecular weight is 354 g/mol. The molecule has 5 heteroatoms. The third-order valence-corrected chi connectivity index (χ3v) is 3.93. The van der Waals surface area contributed by atoms with Crippen molar-refractivity contribution >= 4 is 17.6 Å². The summed E-state index contributed by atoms with van der Waals surface area (Å²) >= 11 is 0. The van der Waals surface area contributed by atoms with Gasteiger partial charge in [-0.1, -0.05) is 24.3 Å². The number of esters is 1. The van der Waals surface area contributed by atoms with E-state index >= 15 is 0 Å². The fourth-order valence-electron chi connectivity index (χ4n) is 2.55. The molecule has 0 spiro atoms. The quantitative estimate of drug-likeness (QED) is 0.502. The number of nitriles is 2. The zero-order chi connectivity index (χ0) is 19.2. The molecule has 0 atom stereocenters. The Morgan fingerprint density at radius 1 is 1.04 bits per heavy atom. The summed E-state index contributed by atoms with van der Waals surface area (Å²) in [6.45, 7) is 0. The smallest absolute Gasteiger partial charge is 0.337 e. The molecule has 2 aromatic carbocycles. The first-order chi connectivity index (χ1) is 13.1. The van der Waals surface area contributed by atoms with Crippen LogP contribution in [0.15, 0.2) is 65.1 Å². The topological polar surface area (TPSA) is 87.0 Å². The third kappa shape index (κ3) is 3.95. The molecule has 0 bridgehead atoms. The second-order valence-corrected chi connectivity index (χ2v) is 5.63. The first-order valence-corrected chi connectivity index (χ1v) is 8.05. The van der Waals surface area contributed by atoms with E-state index in [1.54, 1.807) is 60.7 Å². The number of nitrogens with zero attached hydrogens (tertiary/aromatic N) is 2. The molecule has 0 aliphatic rings. The molecule has 0 N–H and O–H groups in total. The number of methoxy groups -OCH3 is 1. The molecule has 1 aromatic heterocycles. The van der Waals surface area contributed by atoms with Crippen molar-refractivity contribution in [3.63, 3.8) is 0 Å². The van der Waals surface area contributed by atoms with E-state index < -0.39 is 5.97 Å². The highest BCUT2D eigenvalue weighted by atomic mass is 16.5. The van der Waals surface area contributed by atoms with Crippen LogP contribution in [0.2, 0.25) is 0 Å². The van der Waals surface area contributed by atoms with Gasteiger partial charge in [0.05, 0.1) is 35.9 Å². The van der Waals surface area contributed by atoms with Crippen LogP contribution in [0.5, 0.6) is 0 Å². The lowest BCUT2D eigenvalue weighted by Crippen LogP contribution is -2.00. The van der Waals surface area contributed by atoms with E-state index in [-0.39, 0.29) is 0 Å². The summed E-state index contributed by atoms with van der Waals surface area (Å²) in [4.78, 5) is 11.7. The number of carbonyl (C=O) groups is 1. The number of benzene rings is 2. The van der Waals surface area contributed by atoms with Gasteiger partial charge in [-0.05, 0) is 48.0 Å². The molecule has 27 heavy (non-hydrogen) atoms. The van der Waals surface area contributed by atoms with Crippen LogP contribution in [0, 0.1) is 22.7 Å². The predicted molar refractivity (Wildman–Crippen MR) is 100 cm³/mol. The molecule has 0 unspecified atom stereocenters. The monoisotopic (exact) mass is 354 g/mol. The molecule has 130 valence electrons. The Kier molecular flexibility index (Phi) is 5.16. The molecule has 0 amide bonds. The van der Waals surface area contributed by atoms with Crippen LogP contribution >= 0.6 is 0 Å². The van der Waals surface area contributed by atoms with E-state index in [2.05, 4.69) is 6.07 Å². The lowest BCUT2D eigenvalue weighted by Gasteiger charge is -2.02. The second kappa shape index (κ2) is 7.86. The molecule has 5 nitrogen and oxygen atoms in total. The Labute approximate surface area is 156 Å². The van der Waals surface area contributed by atoms with Crippen LogP contribution < -0.4 is 0 Å². The first kappa shape index (κ1) is 17.7. The maximum absolute atomic E-state index is 11.7. The van der Waals surface area contributed by atoms with Crippen LogP contribution in [-0.4, -0.2) is 13.1 Å². The number of hydrogen-bond donors (Lipinski definition) is 0. The number of hydrogen-bond acceptors (Lipinski definition) is 5. The summed E-state index contributed by atoms with van der Waals surface area (Å²) < 4.78 is 10.5. The van der Waals surface area contributed by atoms with Crippen molar-refractivity contribution in [3.8, 4) is 23.5 Å². The first-order valence-electron chi connectivity index (χ1n) is 8.05. The Morgan fingerprint density at radius 3 is 2.48 bits per heavy atom. The zero-order valence-electron chi connectivity index (χ0n) is 14.5. The van der Waals surface area contributed by atoms with E-state index in [9.17, 15) is 10.1 Å². The Balaban J connectivity index is 1.90. The molecule has 0 fully saturated rings. The average Bonchev–Trinajstić information content (AvgIpc) is 3.20. The summed E-state index contributed by atoms with van der Waals surface area (Å²) in [6.07, 6.45) is 1.63. The van der Waals surface area contributed by atoms with Crippen molar-refractivity contribution in [2.24, 2.45) is 0 Å². The third-order valence-electron chi connectivity index (χ3n) is 3.93. The largest absolute Gasteiger partial charge is 0.465 e. The molecule has 3 rings (SSSR count). The summed E-state index contributed by atoms with van der Waals surface area (Å²) in [6, 6.07) is 21.4. The Bertz CT molecular complexity index is 1090. The number of ether oxygens (including phenoxy) is 1. The molecule has 1 heterocycles. The molecule has 0 radical (unpaired) electrons. The Morgan fingerprint density at radius 2 is 1.81 bits per heavy atom. The zero-order valence-corrected chi connectivity index (χ0v) is 14.5. The second-order valence-electron chi connectivity index (χ2n) is 5.63. The van der Waals surface area contributed by atoms with Gasteiger partial charge in [0.1, 0.15) is 11.5 Å². The SMILES string of the molecule is COC(=O)c1cccc(-c2ccc(/C=C(/C#N)c3ccc(C#N)cc3)o2)c1. The molecule has 0 saturated heterocycles. The van der Waals surface area contributed by atoms with Gasteiger partial charge in [-0.15, -0.1) is 0 Å². The highest BCUT2D eigenvalue weighted by Gasteiger charge is 2.10. The van der Waals surface area contributed by atoms with Gasteiger partial charge in [0, 0.05) is 5.56 Å². The van der Waals surface area contributed by atoms with Crippen LogP contribution in [-0.2, 0) is 4.74 Å². The molecular formula is C22H14N2O3. The van der Waals surface area contributed by atoms with Crippen molar-refractivity contribution < 1.29 is 13.9 Å². The van der Waals surface area contributed by atoms with Crippen molar-refractivity contribution in [3.05, 3.63) is 83.1 Å². The molecule has 0 saturated carbocycles. The fourth-order valence-corrected chi connectivity index (χ4v) is 2.55. The van der Waals surface area contributed by atoms with Crippen LogP contribution in [0.1, 0.15) is 27.2 Å². The maximum atomic E-state index is 11.7. The lowest BCUT2D eigenvalue weighted by molar-refractivity contribution is 0.0601. The van der Waals surface area contributed by atoms with Gasteiger partial charge in [0.2, 0.25) is 0 Å². The van der Waals surface area contributed by atoms with Crippen LogP contribution in [0.4, 0.5) is 0 Å². The van der Waals surface area contributed by atoms with E-state index in [1.165, 1.54) is 7.11 Å². The van der Waals surface area contributed by atoms with Gasteiger partial charge < -0.3 is 9.15 Å². The number of furan rings is 1. The number of carbonyl (C=O) groups excluding carboxylic acids is 1. The van der Waals surface area contributed by atoms with E-state index in [4.69, 9.17) is 14.4 Å². The highest BCUT2D eigenvalue weighted by Crippen LogP contribution is 2.26. The molecule has 0 aliphatic carbocycles. The van der Waals surface area contributed by atoms with E-state index in [0.29, 0.717) is 33.8 Å². The van der Waals surface area contributed by atoms with Crippen molar-refractivity contribution in [1.82, 2.24) is 0 Å². The van der Waals surface area contributed by atoms with Gasteiger partial charge in [-0.3, -0.25) is 0 Å². The standard InChI is InChI=1S/C22H14N2O3/c1-26-22(25)18-4-2-3-17(11-18)21-10-9-20(27-21)12-19(14-24)16-7-5-15(13-23)6-8-16/h2-12H,1H3/b19-12-. The summed E-state index contributed by atoms with van der Waals surface area (Å²) in [5.41, 5.74) is 2.81. The normalized spacial score (nSPS) is 10.7.